The lowest BCUT2D eigenvalue weighted by atomic mass is 10.0. The maximum Gasteiger partial charge on any atom is 0.223 e. The van der Waals surface area contributed by atoms with Crippen molar-refractivity contribution in [2.45, 2.75) is 58.1 Å². The van der Waals surface area contributed by atoms with E-state index in [1.165, 1.54) is 6.42 Å². The van der Waals surface area contributed by atoms with Gasteiger partial charge in [-0.15, -0.1) is 0 Å². The van der Waals surface area contributed by atoms with Gasteiger partial charge in [-0.1, -0.05) is 12.2 Å². The van der Waals surface area contributed by atoms with E-state index >= 15 is 0 Å². The summed E-state index contributed by atoms with van der Waals surface area (Å²) in [6.45, 7) is 5.16. The second kappa shape index (κ2) is 7.69. The van der Waals surface area contributed by atoms with Gasteiger partial charge in [0.25, 0.3) is 0 Å². The van der Waals surface area contributed by atoms with Gasteiger partial charge in [0, 0.05) is 19.1 Å². The molecule has 0 spiro atoms. The first-order chi connectivity index (χ1) is 8.50. The standard InChI is InChI=1S/C13H24N2O2S/c1-10(2)15(9-12(14)18)13(16)7-6-11-5-3-4-8-17-11/h10-11H,3-9H2,1-2H3,(H2,14,18). The average molecular weight is 272 g/mol. The van der Waals surface area contributed by atoms with Gasteiger partial charge in [0.15, 0.2) is 0 Å². The minimum atomic E-state index is 0.118. The second-order valence-corrected chi connectivity index (χ2v) is 5.63. The van der Waals surface area contributed by atoms with Crippen molar-refractivity contribution in [1.82, 2.24) is 4.90 Å². The van der Waals surface area contributed by atoms with E-state index in [1.54, 1.807) is 4.90 Å². The van der Waals surface area contributed by atoms with Crippen molar-refractivity contribution in [3.05, 3.63) is 0 Å². The van der Waals surface area contributed by atoms with Gasteiger partial charge in [0.05, 0.1) is 17.6 Å². The number of rotatable bonds is 6. The molecule has 1 aliphatic rings. The highest BCUT2D eigenvalue weighted by Gasteiger charge is 2.20. The van der Waals surface area contributed by atoms with Crippen molar-refractivity contribution in [2.75, 3.05) is 13.2 Å². The molecule has 0 radical (unpaired) electrons. The Labute approximate surface area is 115 Å². The third-order valence-corrected chi connectivity index (χ3v) is 3.35. The van der Waals surface area contributed by atoms with E-state index < -0.39 is 0 Å². The third-order valence-electron chi connectivity index (χ3n) is 3.22. The predicted octanol–water partition coefficient (Wildman–Crippen LogP) is 1.86. The van der Waals surface area contributed by atoms with E-state index in [0.717, 1.165) is 25.9 Å². The first kappa shape index (κ1) is 15.4. The van der Waals surface area contributed by atoms with Gasteiger partial charge in [0.2, 0.25) is 5.91 Å². The molecule has 1 fully saturated rings. The fourth-order valence-electron chi connectivity index (χ4n) is 2.19. The summed E-state index contributed by atoms with van der Waals surface area (Å²) in [7, 11) is 0. The van der Waals surface area contributed by atoms with E-state index in [9.17, 15) is 4.79 Å². The molecule has 18 heavy (non-hydrogen) atoms. The van der Waals surface area contributed by atoms with Crippen LogP contribution in [0.3, 0.4) is 0 Å². The SMILES string of the molecule is CC(C)N(CC(N)=S)C(=O)CCC1CCCCO1. The molecule has 0 aromatic carbocycles. The predicted molar refractivity (Wildman–Crippen MR) is 76.5 cm³/mol. The first-order valence-electron chi connectivity index (χ1n) is 6.70. The molecule has 1 amide bonds. The topological polar surface area (TPSA) is 55.6 Å². The Kier molecular flexibility index (Phi) is 6.57. The van der Waals surface area contributed by atoms with Gasteiger partial charge < -0.3 is 15.4 Å². The molecule has 2 N–H and O–H groups in total. The molecule has 0 bridgehead atoms. The molecule has 1 atom stereocenters. The van der Waals surface area contributed by atoms with Crippen LogP contribution in [0.25, 0.3) is 0 Å². The molecule has 5 heteroatoms. The van der Waals surface area contributed by atoms with Crippen molar-refractivity contribution in [3.8, 4) is 0 Å². The molecule has 0 saturated carbocycles. The van der Waals surface area contributed by atoms with Crippen LogP contribution in [0.5, 0.6) is 0 Å². The Hall–Kier alpha value is -0.680. The van der Waals surface area contributed by atoms with Crippen LogP contribution in [-0.4, -0.2) is 41.1 Å². The van der Waals surface area contributed by atoms with Gasteiger partial charge >= 0.3 is 0 Å². The molecule has 0 aromatic heterocycles. The van der Waals surface area contributed by atoms with Crippen LogP contribution in [0.15, 0.2) is 0 Å². The average Bonchev–Trinajstić information content (AvgIpc) is 2.34. The zero-order valence-corrected chi connectivity index (χ0v) is 12.2. The van der Waals surface area contributed by atoms with Crippen molar-refractivity contribution >= 4 is 23.1 Å². The maximum atomic E-state index is 12.1. The van der Waals surface area contributed by atoms with Crippen LogP contribution in [0, 0.1) is 0 Å². The minimum absolute atomic E-state index is 0.118. The quantitative estimate of drug-likeness (QED) is 0.750. The van der Waals surface area contributed by atoms with Crippen LogP contribution in [0.1, 0.15) is 46.0 Å². The number of amides is 1. The largest absolute Gasteiger partial charge is 0.392 e. The lowest BCUT2D eigenvalue weighted by molar-refractivity contribution is -0.133. The summed E-state index contributed by atoms with van der Waals surface area (Å²) < 4.78 is 5.63. The summed E-state index contributed by atoms with van der Waals surface area (Å²) in [6.07, 6.45) is 5.00. The van der Waals surface area contributed by atoms with Gasteiger partial charge in [-0.05, 0) is 39.5 Å². The van der Waals surface area contributed by atoms with Gasteiger partial charge in [-0.3, -0.25) is 4.79 Å². The summed E-state index contributed by atoms with van der Waals surface area (Å²) in [6, 6.07) is 0.131. The first-order valence-corrected chi connectivity index (χ1v) is 7.11. The molecule has 1 aliphatic heterocycles. The molecule has 4 nitrogen and oxygen atoms in total. The van der Waals surface area contributed by atoms with Gasteiger partial charge in [0.1, 0.15) is 0 Å². The van der Waals surface area contributed by atoms with Crippen molar-refractivity contribution in [1.29, 1.82) is 0 Å². The zero-order valence-electron chi connectivity index (χ0n) is 11.4. The number of thiocarbonyl (C=S) groups is 1. The number of hydrogen-bond donors (Lipinski definition) is 1. The molecular weight excluding hydrogens is 248 g/mol. The number of carbonyl (C=O) groups excluding carboxylic acids is 1. The highest BCUT2D eigenvalue weighted by molar-refractivity contribution is 7.80. The molecular formula is C13H24N2O2S. The highest BCUT2D eigenvalue weighted by Crippen LogP contribution is 2.17. The lowest BCUT2D eigenvalue weighted by Crippen LogP contribution is -2.42. The van der Waals surface area contributed by atoms with E-state index in [4.69, 9.17) is 22.7 Å². The zero-order chi connectivity index (χ0) is 13.5. The minimum Gasteiger partial charge on any atom is -0.392 e. The number of nitrogens with zero attached hydrogens (tertiary/aromatic N) is 1. The Balaban J connectivity index is 2.38. The van der Waals surface area contributed by atoms with Gasteiger partial charge in [-0.2, -0.15) is 0 Å². The summed E-state index contributed by atoms with van der Waals surface area (Å²) in [5.74, 6) is 0.118. The van der Waals surface area contributed by atoms with E-state index in [2.05, 4.69) is 0 Å². The number of hydrogen-bond acceptors (Lipinski definition) is 3. The Morgan fingerprint density at radius 3 is 2.72 bits per heavy atom. The fraction of sp³-hybridized carbons (Fsp3) is 0.846. The second-order valence-electron chi connectivity index (χ2n) is 5.11. The monoisotopic (exact) mass is 272 g/mol. The molecule has 1 unspecified atom stereocenters. The number of ether oxygens (including phenoxy) is 1. The molecule has 1 saturated heterocycles. The number of carbonyl (C=O) groups is 1. The smallest absolute Gasteiger partial charge is 0.223 e. The summed E-state index contributed by atoms with van der Waals surface area (Å²) >= 11 is 4.88. The molecule has 104 valence electrons. The summed E-state index contributed by atoms with van der Waals surface area (Å²) in [4.78, 5) is 14.2. The highest BCUT2D eigenvalue weighted by atomic mass is 32.1. The lowest BCUT2D eigenvalue weighted by Gasteiger charge is -2.28. The van der Waals surface area contributed by atoms with E-state index in [1.807, 2.05) is 13.8 Å². The van der Waals surface area contributed by atoms with Crippen molar-refractivity contribution in [3.63, 3.8) is 0 Å². The van der Waals surface area contributed by atoms with Gasteiger partial charge in [-0.25, -0.2) is 0 Å². The van der Waals surface area contributed by atoms with E-state index in [-0.39, 0.29) is 18.1 Å². The molecule has 0 aromatic rings. The Morgan fingerprint density at radius 1 is 1.50 bits per heavy atom. The van der Waals surface area contributed by atoms with Crippen molar-refractivity contribution < 1.29 is 9.53 Å². The van der Waals surface area contributed by atoms with E-state index in [0.29, 0.717) is 18.0 Å². The van der Waals surface area contributed by atoms with Crippen LogP contribution >= 0.6 is 12.2 Å². The van der Waals surface area contributed by atoms with Crippen LogP contribution in [0.2, 0.25) is 0 Å². The van der Waals surface area contributed by atoms with Crippen LogP contribution in [0.4, 0.5) is 0 Å². The van der Waals surface area contributed by atoms with Crippen molar-refractivity contribution in [2.24, 2.45) is 5.73 Å². The molecule has 0 aliphatic carbocycles. The summed E-state index contributed by atoms with van der Waals surface area (Å²) in [5, 5.41) is 0. The maximum absolute atomic E-state index is 12.1. The fourth-order valence-corrected chi connectivity index (χ4v) is 2.33. The Morgan fingerprint density at radius 2 is 2.22 bits per heavy atom. The molecule has 1 heterocycles. The third kappa shape index (κ3) is 5.31. The Bertz CT molecular complexity index is 289. The molecule has 1 rings (SSSR count). The normalized spacial score (nSPS) is 19.8. The van der Waals surface area contributed by atoms with Crippen LogP contribution in [-0.2, 0) is 9.53 Å². The number of nitrogens with two attached hydrogens (primary N) is 1. The summed E-state index contributed by atoms with van der Waals surface area (Å²) in [5.41, 5.74) is 5.52. The van der Waals surface area contributed by atoms with Crippen LogP contribution < -0.4 is 5.73 Å².